The zero-order valence-corrected chi connectivity index (χ0v) is 43.2. The number of benzene rings is 2. The van der Waals surface area contributed by atoms with Crippen LogP contribution in [0.5, 0.6) is 0 Å². The molecule has 0 saturated heterocycles. The summed E-state index contributed by atoms with van der Waals surface area (Å²) in [5.74, 6) is -6.18. The lowest BCUT2D eigenvalue weighted by Gasteiger charge is -2.29. The average Bonchev–Trinajstić information content (AvgIpc) is 3.29. The summed E-state index contributed by atoms with van der Waals surface area (Å²) in [6.07, 6.45) is 0.538. The molecule has 0 fully saturated rings. The first-order valence-corrected chi connectivity index (χ1v) is 24.9. The number of carboxylic acid groups (broad SMARTS) is 1. The summed E-state index contributed by atoms with van der Waals surface area (Å²) in [5.41, 5.74) is 22.6. The van der Waals surface area contributed by atoms with Crippen LogP contribution in [0, 0.1) is 18.8 Å². The number of aryl methyl sites for hydroxylation is 1. The van der Waals surface area contributed by atoms with Gasteiger partial charge < -0.3 is 64.7 Å². The van der Waals surface area contributed by atoms with E-state index >= 15 is 0 Å². The Bertz CT molecular complexity index is 2250. The quantitative estimate of drug-likeness (QED) is 0.0254. The summed E-state index contributed by atoms with van der Waals surface area (Å²) in [5, 5.41) is 25.5. The van der Waals surface area contributed by atoms with Gasteiger partial charge in [0.1, 0.15) is 42.4 Å². The van der Waals surface area contributed by atoms with Crippen molar-refractivity contribution >= 4 is 63.6 Å². The largest absolute Gasteiger partial charge is 0.480 e. The van der Waals surface area contributed by atoms with Gasteiger partial charge in [-0.2, -0.15) is 8.42 Å². The van der Waals surface area contributed by atoms with Crippen molar-refractivity contribution in [1.29, 1.82) is 0 Å². The van der Waals surface area contributed by atoms with Crippen LogP contribution in [0.4, 0.5) is 4.79 Å². The summed E-state index contributed by atoms with van der Waals surface area (Å²) < 4.78 is 34.7. The Morgan fingerprint density at radius 2 is 1.12 bits per heavy atom. The number of carbonyl (C=O) groups excluding carboxylic acids is 6. The minimum absolute atomic E-state index is 0.0162. The number of aliphatic imine (C=N–C) groups is 2. The van der Waals surface area contributed by atoms with Crippen molar-refractivity contribution in [3.05, 3.63) is 65.7 Å². The maximum absolute atomic E-state index is 14.2. The molecule has 25 heteroatoms. The number of carbonyl (C=O) groups is 7. The van der Waals surface area contributed by atoms with Crippen molar-refractivity contribution in [2.75, 3.05) is 19.6 Å². The molecule has 0 bridgehead atoms. The van der Waals surface area contributed by atoms with Gasteiger partial charge in [0, 0.05) is 19.5 Å². The molecule has 0 aliphatic rings. The summed E-state index contributed by atoms with van der Waals surface area (Å²) in [4.78, 5) is 101. The molecule has 7 unspecified atom stereocenters. The van der Waals surface area contributed by atoms with E-state index in [4.69, 9.17) is 32.2 Å². The second-order valence-corrected chi connectivity index (χ2v) is 19.5. The number of amides is 6. The van der Waals surface area contributed by atoms with Crippen LogP contribution >= 0.6 is 0 Å². The normalized spacial score (nSPS) is 14.0. The number of nitrogens with one attached hydrogen (secondary N) is 6. The molecule has 6 amide bonds. The van der Waals surface area contributed by atoms with Gasteiger partial charge in [0.05, 0.1) is 4.90 Å². The van der Waals surface area contributed by atoms with Crippen molar-refractivity contribution in [2.24, 2.45) is 44.8 Å². The van der Waals surface area contributed by atoms with Crippen LogP contribution in [0.1, 0.15) is 98.1 Å². The number of hydrogen-bond donors (Lipinski definition) is 12. The van der Waals surface area contributed by atoms with Gasteiger partial charge in [0.2, 0.25) is 29.5 Å². The zero-order chi connectivity index (χ0) is 54.8. The van der Waals surface area contributed by atoms with Gasteiger partial charge in [-0.1, -0.05) is 88.6 Å². The lowest BCUT2D eigenvalue weighted by atomic mass is 9.96. The molecule has 0 heterocycles. The molecule has 2 aromatic carbocycles. The Morgan fingerprint density at radius 3 is 1.58 bits per heavy atom. The minimum atomic E-state index is -4.02. The molecule has 16 N–H and O–H groups in total. The molecule has 2 rings (SSSR count). The van der Waals surface area contributed by atoms with Crippen LogP contribution in [0.15, 0.2) is 69.5 Å². The van der Waals surface area contributed by atoms with Crippen LogP contribution < -0.4 is 54.8 Å². The Labute approximate surface area is 421 Å². The van der Waals surface area contributed by atoms with Gasteiger partial charge in [0.25, 0.3) is 10.1 Å². The van der Waals surface area contributed by atoms with E-state index in [0.717, 1.165) is 5.56 Å². The van der Waals surface area contributed by atoms with Crippen LogP contribution in [-0.2, 0) is 50.0 Å². The summed E-state index contributed by atoms with van der Waals surface area (Å²) >= 11 is 0. The molecule has 24 nitrogen and oxygen atoms in total. The second kappa shape index (κ2) is 31.3. The van der Waals surface area contributed by atoms with Crippen molar-refractivity contribution in [2.45, 2.75) is 141 Å². The molecule has 7 atom stereocenters. The number of nitrogens with zero attached hydrogens (tertiary/aromatic N) is 2. The van der Waals surface area contributed by atoms with Gasteiger partial charge in [-0.05, 0) is 82.9 Å². The molecule has 0 spiro atoms. The van der Waals surface area contributed by atoms with Crippen molar-refractivity contribution in [1.82, 2.24) is 31.9 Å². The standard InChI is InChI=1S/C40H68N12O9.C7H8O3S/c1-8-23(3)30(51-32(54)26(17-13-19-45-37(41)42)48-29(53)22-47-39(60)61-40(5,6)7)35(57)50-28(21-25-15-11-10-12-16-25)34(56)49-27(18-14-20-46-38(43)44)33(55)52-31(36(58)59)24(4)9-2;1-6-2-4-7(5-3-6)11(8,9)10/h10-12,15-16,23-24,26-28,30-31H,8-9,13-14,17-22H2,1-7H3,(H,47,60)(H,48,53)(H,49,56)(H,50,57)(H,51,54)(H,52,55)(H,58,59)(H4,41,42,45)(H4,43,44,46);2-5H,1H3,(H,8,9,10). The van der Waals surface area contributed by atoms with E-state index in [1.54, 1.807) is 90.9 Å². The number of nitrogens with two attached hydrogens (primary N) is 4. The molecule has 0 aromatic heterocycles. The third-order valence-corrected chi connectivity index (χ3v) is 11.6. The first-order chi connectivity index (χ1) is 33.6. The summed E-state index contributed by atoms with van der Waals surface area (Å²) in [6, 6.07) is 8.56. The highest BCUT2D eigenvalue weighted by Crippen LogP contribution is 2.14. The Morgan fingerprint density at radius 1 is 0.667 bits per heavy atom. The fourth-order valence-corrected chi connectivity index (χ4v) is 6.93. The molecule has 0 aliphatic carbocycles. The Balaban J connectivity index is 0.00000206. The van der Waals surface area contributed by atoms with E-state index in [1.807, 2.05) is 6.92 Å². The van der Waals surface area contributed by atoms with E-state index < -0.39 is 106 Å². The second-order valence-electron chi connectivity index (χ2n) is 18.1. The monoisotopic (exact) mass is 1030 g/mol. The van der Waals surface area contributed by atoms with E-state index in [1.165, 1.54) is 12.1 Å². The minimum Gasteiger partial charge on any atom is -0.480 e. The molecule has 0 saturated carbocycles. The van der Waals surface area contributed by atoms with Crippen LogP contribution in [0.3, 0.4) is 0 Å². The van der Waals surface area contributed by atoms with E-state index in [9.17, 15) is 47.1 Å². The molecular formula is C47H76N12O12S. The highest BCUT2D eigenvalue weighted by molar-refractivity contribution is 7.85. The maximum Gasteiger partial charge on any atom is 0.408 e. The number of alkyl carbamates (subject to hydrolysis) is 1. The SMILES string of the molecule is CCC(C)C(NC(=O)C(CCCN=C(N)N)NC(=O)C(Cc1ccccc1)NC(=O)C(NC(=O)C(CCCN=C(N)N)NC(=O)CNC(=O)OC(C)(C)C)C(C)CC)C(=O)O.Cc1ccc(S(=O)(=O)O)cc1. The highest BCUT2D eigenvalue weighted by Gasteiger charge is 2.35. The van der Waals surface area contributed by atoms with E-state index in [2.05, 4.69) is 41.9 Å². The van der Waals surface area contributed by atoms with Gasteiger partial charge in [-0.15, -0.1) is 0 Å². The smallest absolute Gasteiger partial charge is 0.408 e. The van der Waals surface area contributed by atoms with Crippen LogP contribution in [0.25, 0.3) is 0 Å². The van der Waals surface area contributed by atoms with E-state index in [-0.39, 0.29) is 62.0 Å². The highest BCUT2D eigenvalue weighted by atomic mass is 32.2. The number of aliphatic carboxylic acids is 1. The molecular weight excluding hydrogens is 957 g/mol. The average molecular weight is 1030 g/mol. The predicted molar refractivity (Wildman–Crippen MR) is 271 cm³/mol. The molecule has 0 aliphatic heterocycles. The van der Waals surface area contributed by atoms with E-state index in [0.29, 0.717) is 18.4 Å². The van der Waals surface area contributed by atoms with Crippen LogP contribution in [-0.4, -0.2) is 127 Å². The van der Waals surface area contributed by atoms with Crippen molar-refractivity contribution in [3.8, 4) is 0 Å². The van der Waals surface area contributed by atoms with Gasteiger partial charge >= 0.3 is 12.1 Å². The summed E-state index contributed by atoms with van der Waals surface area (Å²) in [6.45, 7) is 13.5. The zero-order valence-electron chi connectivity index (χ0n) is 42.4. The van der Waals surface area contributed by atoms with Gasteiger partial charge in [0.15, 0.2) is 11.9 Å². The van der Waals surface area contributed by atoms with Gasteiger partial charge in [-0.25, -0.2) is 9.59 Å². The number of ether oxygens (including phenoxy) is 1. The molecule has 72 heavy (non-hydrogen) atoms. The van der Waals surface area contributed by atoms with Gasteiger partial charge in [-0.3, -0.25) is 38.5 Å². The Hall–Kier alpha value is -7.02. The first-order valence-electron chi connectivity index (χ1n) is 23.5. The maximum atomic E-state index is 14.2. The lowest BCUT2D eigenvalue weighted by Crippen LogP contribution is -2.60. The topological polar surface area (TPSA) is 404 Å². The van der Waals surface area contributed by atoms with Crippen molar-refractivity contribution < 1.29 is 56.4 Å². The third-order valence-electron chi connectivity index (χ3n) is 10.8. The number of rotatable bonds is 27. The third kappa shape index (κ3) is 25.7. The fourth-order valence-electron chi connectivity index (χ4n) is 6.45. The summed E-state index contributed by atoms with van der Waals surface area (Å²) in [7, 11) is -4.02. The molecule has 0 radical (unpaired) electrons. The predicted octanol–water partition coefficient (Wildman–Crippen LogP) is 0.704. The fraction of sp³-hybridized carbons (Fsp3) is 0.553. The first kappa shape index (κ1) is 63.0. The van der Waals surface area contributed by atoms with Crippen LogP contribution in [0.2, 0.25) is 0 Å². The number of hydrogen-bond acceptors (Lipinski definition) is 12. The Kier molecular flexibility index (Phi) is 27.4. The lowest BCUT2D eigenvalue weighted by molar-refractivity contribution is -0.144. The molecule has 2 aromatic rings. The number of guanidine groups is 2. The number of carboxylic acids is 1. The molecule has 402 valence electrons. The van der Waals surface area contributed by atoms with Crippen molar-refractivity contribution in [3.63, 3.8) is 0 Å².